The second kappa shape index (κ2) is 9.29. The number of benzene rings is 2. The number of anilines is 3. The maximum Gasteiger partial charge on any atom is 0.225 e. The van der Waals surface area contributed by atoms with Crippen molar-refractivity contribution in [2.75, 3.05) is 16.4 Å². The molecule has 2 aromatic carbocycles. The minimum atomic E-state index is -0.0785. The monoisotopic (exact) mass is 398 g/mol. The zero-order valence-corrected chi connectivity index (χ0v) is 16.3. The van der Waals surface area contributed by atoms with Gasteiger partial charge in [0.05, 0.1) is 0 Å². The third-order valence-electron chi connectivity index (χ3n) is 3.56. The number of nitrogens with zero attached hydrogens (tertiary/aromatic N) is 2. The van der Waals surface area contributed by atoms with Crippen molar-refractivity contribution in [2.24, 2.45) is 0 Å². The molecular weight excluding hydrogens is 380 g/mol. The van der Waals surface area contributed by atoms with E-state index in [9.17, 15) is 9.59 Å². The molecule has 0 saturated carbocycles. The topological polar surface area (TPSA) is 84.0 Å². The van der Waals surface area contributed by atoms with E-state index >= 15 is 0 Å². The quantitative estimate of drug-likeness (QED) is 0.426. The number of thioether (sulfide) groups is 1. The molecule has 8 heteroatoms. The Balaban J connectivity index is 1.43. The normalized spacial score (nSPS) is 10.4. The van der Waals surface area contributed by atoms with Crippen LogP contribution in [0.5, 0.6) is 0 Å². The van der Waals surface area contributed by atoms with Gasteiger partial charge in [-0.1, -0.05) is 41.3 Å². The minimum Gasteiger partial charge on any atom is -0.330 e. The lowest BCUT2D eigenvalue weighted by Crippen LogP contribution is -2.12. The molecule has 2 N–H and O–H groups in total. The van der Waals surface area contributed by atoms with Gasteiger partial charge >= 0.3 is 0 Å². The molecule has 0 aliphatic heterocycles. The number of amides is 1. The standard InChI is InChI=1S/C19H18N4O2S2/c1-13(24)14-7-9-16(10-8-14)20-17(25)11-12-26-19-23-22-18(27-19)21-15-5-3-2-4-6-15/h2-10H,11-12H2,1H3,(H,20,25)(H,21,22). The molecule has 3 aromatic rings. The van der Waals surface area contributed by atoms with E-state index in [1.807, 2.05) is 30.3 Å². The average Bonchev–Trinajstić information content (AvgIpc) is 3.10. The van der Waals surface area contributed by atoms with Gasteiger partial charge < -0.3 is 10.6 Å². The van der Waals surface area contributed by atoms with Crippen LogP contribution in [0.25, 0.3) is 0 Å². The molecular formula is C19H18N4O2S2. The molecule has 6 nitrogen and oxygen atoms in total. The van der Waals surface area contributed by atoms with Gasteiger partial charge in [-0.15, -0.1) is 10.2 Å². The summed E-state index contributed by atoms with van der Waals surface area (Å²) in [6.07, 6.45) is 0.361. The van der Waals surface area contributed by atoms with Crippen LogP contribution in [0.1, 0.15) is 23.7 Å². The molecule has 0 atom stereocenters. The lowest BCUT2D eigenvalue weighted by atomic mass is 10.1. The van der Waals surface area contributed by atoms with E-state index in [2.05, 4.69) is 20.8 Å². The summed E-state index contributed by atoms with van der Waals surface area (Å²) in [4.78, 5) is 23.3. The van der Waals surface area contributed by atoms with Crippen LogP contribution >= 0.6 is 23.1 Å². The number of ketones is 1. The number of para-hydroxylation sites is 1. The second-order valence-corrected chi connectivity index (χ2v) is 7.96. The van der Waals surface area contributed by atoms with Crippen LogP contribution in [0.2, 0.25) is 0 Å². The summed E-state index contributed by atoms with van der Waals surface area (Å²) in [6.45, 7) is 1.51. The Morgan fingerprint density at radius 1 is 1.00 bits per heavy atom. The van der Waals surface area contributed by atoms with E-state index in [4.69, 9.17) is 0 Å². The molecule has 0 saturated heterocycles. The predicted molar refractivity (Wildman–Crippen MR) is 110 cm³/mol. The van der Waals surface area contributed by atoms with Crippen LogP contribution in [0.15, 0.2) is 58.9 Å². The van der Waals surface area contributed by atoms with Crippen molar-refractivity contribution in [2.45, 2.75) is 17.7 Å². The number of rotatable bonds is 8. The fraction of sp³-hybridized carbons (Fsp3) is 0.158. The fourth-order valence-corrected chi connectivity index (χ4v) is 3.99. The van der Waals surface area contributed by atoms with Crippen molar-refractivity contribution in [1.82, 2.24) is 10.2 Å². The lowest BCUT2D eigenvalue weighted by Gasteiger charge is -2.05. The molecule has 3 rings (SSSR count). The molecule has 1 heterocycles. The summed E-state index contributed by atoms with van der Waals surface area (Å²) < 4.78 is 0.812. The first-order valence-corrected chi connectivity index (χ1v) is 10.1. The first-order valence-electron chi connectivity index (χ1n) is 8.29. The van der Waals surface area contributed by atoms with Gasteiger partial charge in [-0.05, 0) is 43.3 Å². The maximum atomic E-state index is 12.0. The molecule has 27 heavy (non-hydrogen) atoms. The Labute approximate surface area is 165 Å². The van der Waals surface area contributed by atoms with Crippen LogP contribution in [-0.4, -0.2) is 27.6 Å². The van der Waals surface area contributed by atoms with Gasteiger partial charge in [-0.25, -0.2) is 0 Å². The highest BCUT2D eigenvalue weighted by atomic mass is 32.2. The highest BCUT2D eigenvalue weighted by Gasteiger charge is 2.08. The summed E-state index contributed by atoms with van der Waals surface area (Å²) >= 11 is 2.95. The average molecular weight is 399 g/mol. The number of carbonyl (C=O) groups is 2. The first-order chi connectivity index (χ1) is 13.1. The van der Waals surface area contributed by atoms with E-state index in [0.29, 0.717) is 23.4 Å². The second-order valence-electron chi connectivity index (χ2n) is 5.64. The Kier molecular flexibility index (Phi) is 6.56. The fourth-order valence-electron chi connectivity index (χ4n) is 2.21. The largest absolute Gasteiger partial charge is 0.330 e. The third kappa shape index (κ3) is 5.90. The van der Waals surface area contributed by atoms with Crippen molar-refractivity contribution >= 4 is 51.3 Å². The number of carbonyl (C=O) groups excluding carboxylic acids is 2. The number of aromatic nitrogens is 2. The summed E-state index contributed by atoms with van der Waals surface area (Å²) in [5.41, 5.74) is 2.26. The van der Waals surface area contributed by atoms with Gasteiger partial charge in [0, 0.05) is 29.1 Å². The molecule has 1 amide bonds. The molecule has 0 bridgehead atoms. The zero-order valence-electron chi connectivity index (χ0n) is 14.6. The third-order valence-corrected chi connectivity index (χ3v) is 5.54. The Hall–Kier alpha value is -2.71. The molecule has 0 aliphatic carbocycles. The Morgan fingerprint density at radius 2 is 1.74 bits per heavy atom. The van der Waals surface area contributed by atoms with Gasteiger partial charge in [-0.3, -0.25) is 9.59 Å². The smallest absolute Gasteiger partial charge is 0.225 e. The van der Waals surface area contributed by atoms with E-state index in [1.54, 1.807) is 24.3 Å². The SMILES string of the molecule is CC(=O)c1ccc(NC(=O)CCSc2nnc(Nc3ccccc3)s2)cc1. The predicted octanol–water partition coefficient (Wildman–Crippen LogP) is 4.61. The van der Waals surface area contributed by atoms with Crippen molar-refractivity contribution in [3.63, 3.8) is 0 Å². The first kappa shape index (κ1) is 19.1. The van der Waals surface area contributed by atoms with Crippen molar-refractivity contribution in [3.05, 3.63) is 60.2 Å². The van der Waals surface area contributed by atoms with Gasteiger partial charge in [0.15, 0.2) is 10.1 Å². The van der Waals surface area contributed by atoms with Crippen LogP contribution in [0, 0.1) is 0 Å². The summed E-state index contributed by atoms with van der Waals surface area (Å²) in [5.74, 6) is 0.532. The minimum absolute atomic E-state index is 0.00228. The molecule has 0 radical (unpaired) electrons. The number of hydrogen-bond acceptors (Lipinski definition) is 7. The molecule has 0 unspecified atom stereocenters. The van der Waals surface area contributed by atoms with Crippen LogP contribution in [-0.2, 0) is 4.79 Å². The van der Waals surface area contributed by atoms with Crippen LogP contribution < -0.4 is 10.6 Å². The molecule has 0 fully saturated rings. The molecule has 1 aromatic heterocycles. The zero-order chi connectivity index (χ0) is 19.1. The van der Waals surface area contributed by atoms with E-state index < -0.39 is 0 Å². The van der Waals surface area contributed by atoms with Gasteiger partial charge in [0.2, 0.25) is 11.0 Å². The summed E-state index contributed by atoms with van der Waals surface area (Å²) in [6, 6.07) is 16.6. The van der Waals surface area contributed by atoms with E-state index in [1.165, 1.54) is 30.0 Å². The molecule has 0 spiro atoms. The van der Waals surface area contributed by atoms with Gasteiger partial charge in [-0.2, -0.15) is 0 Å². The van der Waals surface area contributed by atoms with Crippen molar-refractivity contribution in [1.29, 1.82) is 0 Å². The lowest BCUT2D eigenvalue weighted by molar-refractivity contribution is -0.115. The number of nitrogens with one attached hydrogen (secondary N) is 2. The highest BCUT2D eigenvalue weighted by molar-refractivity contribution is 8.01. The number of hydrogen-bond donors (Lipinski definition) is 2. The van der Waals surface area contributed by atoms with E-state index in [-0.39, 0.29) is 11.7 Å². The van der Waals surface area contributed by atoms with Crippen LogP contribution in [0.3, 0.4) is 0 Å². The van der Waals surface area contributed by atoms with Crippen LogP contribution in [0.4, 0.5) is 16.5 Å². The number of Topliss-reactive ketones (excluding diaryl/α,β-unsaturated/α-hetero) is 1. The summed E-state index contributed by atoms with van der Waals surface area (Å²) in [7, 11) is 0. The maximum absolute atomic E-state index is 12.0. The van der Waals surface area contributed by atoms with E-state index in [0.717, 1.165) is 15.2 Å². The highest BCUT2D eigenvalue weighted by Crippen LogP contribution is 2.28. The van der Waals surface area contributed by atoms with Crippen molar-refractivity contribution in [3.8, 4) is 0 Å². The summed E-state index contributed by atoms with van der Waals surface area (Å²) in [5, 5.41) is 15.0. The molecule has 138 valence electrons. The van der Waals surface area contributed by atoms with Gasteiger partial charge in [0.25, 0.3) is 0 Å². The Bertz CT molecular complexity index is 911. The van der Waals surface area contributed by atoms with Crippen molar-refractivity contribution < 1.29 is 9.59 Å². The molecule has 0 aliphatic rings. The van der Waals surface area contributed by atoms with Gasteiger partial charge in [0.1, 0.15) is 0 Å². The Morgan fingerprint density at radius 3 is 2.44 bits per heavy atom.